The Labute approximate surface area is 179 Å². The minimum Gasteiger partial charge on any atom is -0.344 e. The van der Waals surface area contributed by atoms with Crippen molar-refractivity contribution in [2.75, 3.05) is 0 Å². The van der Waals surface area contributed by atoms with E-state index in [0.717, 1.165) is 0 Å². The van der Waals surface area contributed by atoms with Crippen LogP contribution in [0.3, 0.4) is 0 Å². The van der Waals surface area contributed by atoms with Crippen LogP contribution in [0.25, 0.3) is 0 Å². The molecule has 0 bridgehead atoms. The van der Waals surface area contributed by atoms with E-state index >= 15 is 0 Å². The predicted molar refractivity (Wildman–Crippen MR) is 107 cm³/mol. The highest BCUT2D eigenvalue weighted by Crippen LogP contribution is 2.14. The number of benzene rings is 1. The van der Waals surface area contributed by atoms with E-state index in [0.29, 0.717) is 11.5 Å². The summed E-state index contributed by atoms with van der Waals surface area (Å²) in [6.07, 6.45) is 0.321. The van der Waals surface area contributed by atoms with E-state index in [1.54, 1.807) is 32.0 Å². The van der Waals surface area contributed by atoms with E-state index in [1.165, 1.54) is 12.1 Å². The summed E-state index contributed by atoms with van der Waals surface area (Å²) in [4.78, 5) is 37.6. The average Bonchev–Trinajstić information content (AvgIpc) is 3.20. The molecule has 1 aliphatic heterocycles. The number of Topliss-reactive ketones (excluding diaryl/α,β-unsaturated/α-hetero) is 1. The molecule has 0 radical (unpaired) electrons. The Hall–Kier alpha value is -3.12. The van der Waals surface area contributed by atoms with Crippen LogP contribution in [-0.4, -0.2) is 48.5 Å². The number of hydrogen-bond donors (Lipinski definition) is 3. The van der Waals surface area contributed by atoms with E-state index in [4.69, 9.17) is 4.52 Å². The molecule has 11 nitrogen and oxygen atoms in total. The Bertz CT molecular complexity index is 1070. The molecule has 2 atom stereocenters. The van der Waals surface area contributed by atoms with E-state index in [1.807, 2.05) is 0 Å². The summed E-state index contributed by atoms with van der Waals surface area (Å²) in [6.45, 7) is 3.30. The van der Waals surface area contributed by atoms with E-state index in [2.05, 4.69) is 25.7 Å². The summed E-state index contributed by atoms with van der Waals surface area (Å²) < 4.78 is 32.7. The van der Waals surface area contributed by atoms with Gasteiger partial charge in [-0.25, -0.2) is 8.42 Å². The molecule has 0 saturated heterocycles. The van der Waals surface area contributed by atoms with Gasteiger partial charge in [-0.1, -0.05) is 32.0 Å². The minimum absolute atomic E-state index is 0.0115. The molecule has 2 amide bonds. The third kappa shape index (κ3) is 5.33. The first-order chi connectivity index (χ1) is 14.7. The number of aromatic nitrogens is 2. The second-order valence-corrected chi connectivity index (χ2v) is 9.16. The maximum absolute atomic E-state index is 12.9. The van der Waals surface area contributed by atoms with Crippen molar-refractivity contribution in [3.05, 3.63) is 41.8 Å². The Balaban J connectivity index is 1.77. The van der Waals surface area contributed by atoms with Gasteiger partial charge in [-0.3, -0.25) is 14.4 Å². The monoisotopic (exact) mass is 449 g/mol. The Morgan fingerprint density at radius 3 is 2.61 bits per heavy atom. The number of fused-ring (bicyclic) bond motifs is 1. The molecule has 2 aromatic rings. The van der Waals surface area contributed by atoms with Crippen molar-refractivity contribution in [2.24, 2.45) is 5.92 Å². The molecule has 3 rings (SSSR count). The van der Waals surface area contributed by atoms with Crippen molar-refractivity contribution in [1.29, 1.82) is 0 Å². The third-order valence-corrected chi connectivity index (χ3v) is 6.31. The normalized spacial score (nSPS) is 18.4. The number of nitrogens with zero attached hydrogens (tertiary/aromatic N) is 2. The van der Waals surface area contributed by atoms with Gasteiger partial charge in [0.2, 0.25) is 21.7 Å². The summed E-state index contributed by atoms with van der Waals surface area (Å²) in [5, 5.41) is 12.2. The van der Waals surface area contributed by atoms with Gasteiger partial charge < -0.3 is 15.2 Å². The SMILES string of the molecule is CC(C)C(NS(=O)(=O)c1ccccc1)C(=O)NC1CCc2nnoc2CNC(=O)C1=O. The number of aryl methyl sites for hydroxylation is 1. The third-order valence-electron chi connectivity index (χ3n) is 4.86. The van der Waals surface area contributed by atoms with Gasteiger partial charge in [0, 0.05) is 5.27 Å². The number of ketones is 1. The highest BCUT2D eigenvalue weighted by molar-refractivity contribution is 7.89. The van der Waals surface area contributed by atoms with Crippen LogP contribution in [0.15, 0.2) is 39.8 Å². The largest absolute Gasteiger partial charge is 0.344 e. The molecule has 31 heavy (non-hydrogen) atoms. The summed E-state index contributed by atoms with van der Waals surface area (Å²) in [5.41, 5.74) is 0.472. The number of carbonyl (C=O) groups excluding carboxylic acids is 3. The lowest BCUT2D eigenvalue weighted by molar-refractivity contribution is -0.140. The second-order valence-electron chi connectivity index (χ2n) is 7.45. The molecule has 1 aromatic carbocycles. The molecule has 3 N–H and O–H groups in total. The highest BCUT2D eigenvalue weighted by atomic mass is 32.2. The summed E-state index contributed by atoms with van der Waals surface area (Å²) in [7, 11) is -3.97. The number of amides is 2. The molecule has 1 aromatic heterocycles. The molecule has 1 aliphatic rings. The maximum atomic E-state index is 12.9. The minimum atomic E-state index is -3.97. The van der Waals surface area contributed by atoms with Gasteiger partial charge in [-0.05, 0) is 30.9 Å². The Morgan fingerprint density at radius 1 is 1.23 bits per heavy atom. The zero-order valence-corrected chi connectivity index (χ0v) is 17.8. The number of sulfonamides is 1. The van der Waals surface area contributed by atoms with Gasteiger partial charge in [0.15, 0.2) is 5.76 Å². The van der Waals surface area contributed by atoms with Gasteiger partial charge in [-0.15, -0.1) is 5.10 Å². The Kier molecular flexibility index (Phi) is 6.81. The molecule has 166 valence electrons. The van der Waals surface area contributed by atoms with E-state index < -0.39 is 45.6 Å². The van der Waals surface area contributed by atoms with Crippen molar-refractivity contribution in [2.45, 2.75) is 50.2 Å². The van der Waals surface area contributed by atoms with Gasteiger partial charge in [-0.2, -0.15) is 4.72 Å². The molecule has 0 spiro atoms. The fourth-order valence-corrected chi connectivity index (χ4v) is 4.46. The topological polar surface area (TPSA) is 160 Å². The first-order valence-electron chi connectivity index (χ1n) is 9.69. The molecule has 0 saturated carbocycles. The summed E-state index contributed by atoms with van der Waals surface area (Å²) in [5.74, 6) is -2.52. The standard InChI is InChI=1S/C19H23N5O6S/c1-11(2)16(23-31(28,29)12-6-4-3-5-7-12)18(26)21-14-9-8-13-15(30-24-22-13)10-20-19(27)17(14)25/h3-7,11,14,16,23H,8-10H2,1-2H3,(H,20,27)(H,21,26). The molecular weight excluding hydrogens is 426 g/mol. The van der Waals surface area contributed by atoms with Crippen molar-refractivity contribution < 1.29 is 27.3 Å². The van der Waals surface area contributed by atoms with E-state index in [-0.39, 0.29) is 24.3 Å². The molecular formula is C19H23N5O6S. The predicted octanol–water partition coefficient (Wildman–Crippen LogP) is -0.311. The van der Waals surface area contributed by atoms with Crippen LogP contribution in [0.4, 0.5) is 0 Å². The molecule has 12 heteroatoms. The summed E-state index contributed by atoms with van der Waals surface area (Å²) in [6, 6.07) is 5.33. The highest BCUT2D eigenvalue weighted by Gasteiger charge is 2.34. The first kappa shape index (κ1) is 22.6. The zero-order chi connectivity index (χ0) is 22.6. The maximum Gasteiger partial charge on any atom is 0.289 e. The van der Waals surface area contributed by atoms with Gasteiger partial charge >= 0.3 is 0 Å². The van der Waals surface area contributed by atoms with Crippen molar-refractivity contribution in [1.82, 2.24) is 25.7 Å². The van der Waals surface area contributed by atoms with Gasteiger partial charge in [0.05, 0.1) is 17.5 Å². The lowest BCUT2D eigenvalue weighted by atomic mass is 10.0. The van der Waals surface area contributed by atoms with Crippen molar-refractivity contribution in [3.63, 3.8) is 0 Å². The lowest BCUT2D eigenvalue weighted by Crippen LogP contribution is -2.55. The van der Waals surface area contributed by atoms with Crippen LogP contribution < -0.4 is 15.4 Å². The molecule has 0 aliphatic carbocycles. The van der Waals surface area contributed by atoms with E-state index in [9.17, 15) is 22.8 Å². The van der Waals surface area contributed by atoms with Crippen LogP contribution in [-0.2, 0) is 37.4 Å². The fraction of sp³-hybridized carbons (Fsp3) is 0.421. The van der Waals surface area contributed by atoms with Crippen LogP contribution in [0, 0.1) is 5.92 Å². The van der Waals surface area contributed by atoms with Crippen molar-refractivity contribution >= 4 is 27.6 Å². The zero-order valence-electron chi connectivity index (χ0n) is 17.0. The number of hydrogen-bond acceptors (Lipinski definition) is 8. The molecule has 2 heterocycles. The Morgan fingerprint density at radius 2 is 1.94 bits per heavy atom. The summed E-state index contributed by atoms with van der Waals surface area (Å²) >= 11 is 0. The van der Waals surface area contributed by atoms with Crippen LogP contribution in [0.5, 0.6) is 0 Å². The fourth-order valence-electron chi connectivity index (χ4n) is 3.10. The number of carbonyl (C=O) groups is 3. The lowest BCUT2D eigenvalue weighted by Gasteiger charge is -2.24. The van der Waals surface area contributed by atoms with Crippen LogP contribution in [0.2, 0.25) is 0 Å². The van der Waals surface area contributed by atoms with Gasteiger partial charge in [0.1, 0.15) is 11.7 Å². The number of rotatable bonds is 6. The second kappa shape index (κ2) is 9.35. The smallest absolute Gasteiger partial charge is 0.289 e. The average molecular weight is 449 g/mol. The number of nitrogens with one attached hydrogen (secondary N) is 3. The van der Waals surface area contributed by atoms with Crippen molar-refractivity contribution in [3.8, 4) is 0 Å². The van der Waals surface area contributed by atoms with Crippen LogP contribution in [0.1, 0.15) is 31.7 Å². The van der Waals surface area contributed by atoms with Gasteiger partial charge in [0.25, 0.3) is 5.91 Å². The molecule has 2 unspecified atom stereocenters. The van der Waals surface area contributed by atoms with Crippen LogP contribution >= 0.6 is 0 Å². The molecule has 0 fully saturated rings. The quantitative estimate of drug-likeness (QED) is 0.506. The first-order valence-corrected chi connectivity index (χ1v) is 11.2.